The highest BCUT2D eigenvalue weighted by Crippen LogP contribution is 2.28. The molecule has 20 heavy (non-hydrogen) atoms. The summed E-state index contributed by atoms with van der Waals surface area (Å²) in [6, 6.07) is 7.51. The minimum atomic E-state index is -0.274. The van der Waals surface area contributed by atoms with Crippen molar-refractivity contribution in [2.75, 3.05) is 13.2 Å². The van der Waals surface area contributed by atoms with Crippen LogP contribution in [0.15, 0.2) is 24.3 Å². The van der Waals surface area contributed by atoms with E-state index in [4.69, 9.17) is 15.9 Å². The highest BCUT2D eigenvalue weighted by molar-refractivity contribution is 5.89. The molecule has 1 saturated heterocycles. The number of hydrogen-bond acceptors (Lipinski definition) is 3. The molecule has 1 heterocycles. The summed E-state index contributed by atoms with van der Waals surface area (Å²) in [5.74, 6) is 2.29. The quantitative estimate of drug-likeness (QED) is 0.452. The van der Waals surface area contributed by atoms with Crippen molar-refractivity contribution in [1.82, 2.24) is 0 Å². The number of unbranched alkanes of at least 4 members (excludes halogenated alkanes) is 2. The summed E-state index contributed by atoms with van der Waals surface area (Å²) < 4.78 is 10.8. The van der Waals surface area contributed by atoms with E-state index in [9.17, 15) is 4.79 Å². The zero-order chi connectivity index (χ0) is 14.2. The van der Waals surface area contributed by atoms with Gasteiger partial charge in [-0.25, -0.2) is 4.79 Å². The topological polar surface area (TPSA) is 35.5 Å². The molecule has 106 valence electrons. The SMILES string of the molecule is C#CCCCCOC(=O)c1ccc([C@H]2CCCO2)cc1. The van der Waals surface area contributed by atoms with Crippen molar-refractivity contribution in [3.8, 4) is 12.3 Å². The molecule has 1 aliphatic rings. The third-order valence-corrected chi connectivity index (χ3v) is 3.40. The van der Waals surface area contributed by atoms with Crippen LogP contribution in [0.5, 0.6) is 0 Å². The van der Waals surface area contributed by atoms with Gasteiger partial charge in [0, 0.05) is 13.0 Å². The first-order valence-electron chi connectivity index (χ1n) is 7.13. The van der Waals surface area contributed by atoms with Crippen LogP contribution in [-0.4, -0.2) is 19.2 Å². The number of ether oxygens (including phenoxy) is 2. The molecular weight excluding hydrogens is 252 g/mol. The Morgan fingerprint density at radius 1 is 1.35 bits per heavy atom. The Bertz CT molecular complexity index is 464. The van der Waals surface area contributed by atoms with Crippen LogP contribution in [-0.2, 0) is 9.47 Å². The molecular formula is C17H20O3. The van der Waals surface area contributed by atoms with Gasteiger partial charge in [0.15, 0.2) is 0 Å². The average Bonchev–Trinajstić information content (AvgIpc) is 3.01. The maximum Gasteiger partial charge on any atom is 0.338 e. The Hall–Kier alpha value is -1.79. The molecule has 0 bridgehead atoms. The molecule has 3 heteroatoms. The molecule has 0 aliphatic carbocycles. The summed E-state index contributed by atoms with van der Waals surface area (Å²) >= 11 is 0. The van der Waals surface area contributed by atoms with Gasteiger partial charge in [-0.3, -0.25) is 0 Å². The van der Waals surface area contributed by atoms with Crippen LogP contribution in [0.4, 0.5) is 0 Å². The molecule has 0 spiro atoms. The van der Waals surface area contributed by atoms with E-state index in [1.165, 1.54) is 0 Å². The predicted molar refractivity (Wildman–Crippen MR) is 77.3 cm³/mol. The lowest BCUT2D eigenvalue weighted by molar-refractivity contribution is 0.0498. The van der Waals surface area contributed by atoms with E-state index in [2.05, 4.69) is 5.92 Å². The van der Waals surface area contributed by atoms with Gasteiger partial charge < -0.3 is 9.47 Å². The number of esters is 1. The molecule has 2 rings (SSSR count). The molecule has 1 fully saturated rings. The second-order valence-corrected chi connectivity index (χ2v) is 4.92. The maximum absolute atomic E-state index is 11.8. The molecule has 1 aliphatic heterocycles. The van der Waals surface area contributed by atoms with Crippen LogP contribution in [0.25, 0.3) is 0 Å². The molecule has 0 radical (unpaired) electrons. The monoisotopic (exact) mass is 272 g/mol. The van der Waals surface area contributed by atoms with Crippen molar-refractivity contribution in [2.24, 2.45) is 0 Å². The minimum Gasteiger partial charge on any atom is -0.462 e. The van der Waals surface area contributed by atoms with E-state index in [1.807, 2.05) is 12.1 Å². The van der Waals surface area contributed by atoms with Crippen LogP contribution in [0.1, 0.15) is 54.1 Å². The van der Waals surface area contributed by atoms with Gasteiger partial charge in [-0.1, -0.05) is 12.1 Å². The van der Waals surface area contributed by atoms with Gasteiger partial charge >= 0.3 is 5.97 Å². The van der Waals surface area contributed by atoms with Gasteiger partial charge in [0.1, 0.15) is 0 Å². The zero-order valence-corrected chi connectivity index (χ0v) is 11.6. The molecule has 0 amide bonds. The smallest absolute Gasteiger partial charge is 0.338 e. The van der Waals surface area contributed by atoms with Crippen molar-refractivity contribution < 1.29 is 14.3 Å². The fourth-order valence-electron chi connectivity index (χ4n) is 2.25. The Kier molecular flexibility index (Phi) is 5.64. The van der Waals surface area contributed by atoms with Crippen LogP contribution in [0.2, 0.25) is 0 Å². The van der Waals surface area contributed by atoms with E-state index < -0.39 is 0 Å². The first-order valence-corrected chi connectivity index (χ1v) is 7.13. The Morgan fingerprint density at radius 2 is 2.15 bits per heavy atom. The first kappa shape index (κ1) is 14.6. The lowest BCUT2D eigenvalue weighted by Gasteiger charge is -2.10. The van der Waals surface area contributed by atoms with E-state index in [0.717, 1.165) is 44.3 Å². The first-order chi connectivity index (χ1) is 9.81. The molecule has 0 saturated carbocycles. The van der Waals surface area contributed by atoms with Crippen molar-refractivity contribution >= 4 is 5.97 Å². The predicted octanol–water partition coefficient (Wildman–Crippen LogP) is 3.50. The molecule has 0 aromatic heterocycles. The van der Waals surface area contributed by atoms with Crippen molar-refractivity contribution in [3.63, 3.8) is 0 Å². The van der Waals surface area contributed by atoms with Crippen molar-refractivity contribution in [3.05, 3.63) is 35.4 Å². The summed E-state index contributed by atoms with van der Waals surface area (Å²) in [4.78, 5) is 11.8. The number of benzene rings is 1. The summed E-state index contributed by atoms with van der Waals surface area (Å²) in [5, 5.41) is 0. The van der Waals surface area contributed by atoms with Crippen LogP contribution < -0.4 is 0 Å². The Morgan fingerprint density at radius 3 is 2.80 bits per heavy atom. The van der Waals surface area contributed by atoms with Crippen LogP contribution >= 0.6 is 0 Å². The fraction of sp³-hybridized carbons (Fsp3) is 0.471. The standard InChI is InChI=1S/C17H20O3/c1-2-3-4-5-12-20-17(18)15-10-8-14(9-11-15)16-7-6-13-19-16/h1,8-11,16H,3-7,12-13H2/t16-/m1/s1. The number of carbonyl (C=O) groups excluding carboxylic acids is 1. The van der Waals surface area contributed by atoms with Gasteiger partial charge in [0.05, 0.1) is 18.3 Å². The van der Waals surface area contributed by atoms with Gasteiger partial charge in [-0.15, -0.1) is 12.3 Å². The highest BCUT2D eigenvalue weighted by Gasteiger charge is 2.17. The summed E-state index contributed by atoms with van der Waals surface area (Å²) in [6.07, 6.45) is 9.93. The van der Waals surface area contributed by atoms with E-state index in [1.54, 1.807) is 12.1 Å². The molecule has 1 atom stereocenters. The number of carbonyl (C=O) groups is 1. The van der Waals surface area contributed by atoms with Gasteiger partial charge in [0.2, 0.25) is 0 Å². The molecule has 3 nitrogen and oxygen atoms in total. The van der Waals surface area contributed by atoms with E-state index in [-0.39, 0.29) is 12.1 Å². The third kappa shape index (κ3) is 4.11. The van der Waals surface area contributed by atoms with Crippen LogP contribution in [0, 0.1) is 12.3 Å². The average molecular weight is 272 g/mol. The van der Waals surface area contributed by atoms with E-state index >= 15 is 0 Å². The van der Waals surface area contributed by atoms with Crippen molar-refractivity contribution in [2.45, 2.75) is 38.2 Å². The van der Waals surface area contributed by atoms with Gasteiger partial charge in [-0.2, -0.15) is 0 Å². The third-order valence-electron chi connectivity index (χ3n) is 3.40. The number of rotatable bonds is 6. The second kappa shape index (κ2) is 7.72. The Balaban J connectivity index is 1.80. The molecule has 0 unspecified atom stereocenters. The van der Waals surface area contributed by atoms with Gasteiger partial charge in [-0.05, 0) is 43.4 Å². The lowest BCUT2D eigenvalue weighted by atomic mass is 10.0. The summed E-state index contributed by atoms with van der Waals surface area (Å²) in [7, 11) is 0. The normalized spacial score (nSPS) is 17.6. The number of hydrogen-bond donors (Lipinski definition) is 0. The van der Waals surface area contributed by atoms with Crippen LogP contribution in [0.3, 0.4) is 0 Å². The number of terminal acetylenes is 1. The van der Waals surface area contributed by atoms with Gasteiger partial charge in [0.25, 0.3) is 0 Å². The lowest BCUT2D eigenvalue weighted by Crippen LogP contribution is -2.07. The van der Waals surface area contributed by atoms with Crippen molar-refractivity contribution in [1.29, 1.82) is 0 Å². The summed E-state index contributed by atoms with van der Waals surface area (Å²) in [5.41, 5.74) is 1.72. The molecule has 1 aromatic rings. The fourth-order valence-corrected chi connectivity index (χ4v) is 2.25. The maximum atomic E-state index is 11.8. The molecule has 1 aromatic carbocycles. The minimum absolute atomic E-state index is 0.184. The van der Waals surface area contributed by atoms with E-state index in [0.29, 0.717) is 12.2 Å². The second-order valence-electron chi connectivity index (χ2n) is 4.92. The highest BCUT2D eigenvalue weighted by atomic mass is 16.5. The zero-order valence-electron chi connectivity index (χ0n) is 11.6. The summed E-state index contributed by atoms with van der Waals surface area (Å²) in [6.45, 7) is 1.25. The Labute approximate surface area is 120 Å². The molecule has 0 N–H and O–H groups in total. The largest absolute Gasteiger partial charge is 0.462 e.